The summed E-state index contributed by atoms with van der Waals surface area (Å²) in [5.74, 6) is 0.372. The zero-order chi connectivity index (χ0) is 19.7. The molecule has 2 aliphatic rings. The number of benzene rings is 2. The molecule has 6 nitrogen and oxygen atoms in total. The van der Waals surface area contributed by atoms with Crippen LogP contribution < -0.4 is 15.4 Å². The summed E-state index contributed by atoms with van der Waals surface area (Å²) in [6, 6.07) is 9.97. The van der Waals surface area contributed by atoms with Gasteiger partial charge in [0.05, 0.1) is 11.4 Å². The van der Waals surface area contributed by atoms with Crippen molar-refractivity contribution < 1.29 is 18.7 Å². The van der Waals surface area contributed by atoms with E-state index < -0.39 is 0 Å². The van der Waals surface area contributed by atoms with Gasteiger partial charge in [0.1, 0.15) is 5.82 Å². The predicted molar refractivity (Wildman–Crippen MR) is 104 cm³/mol. The van der Waals surface area contributed by atoms with Gasteiger partial charge in [-0.15, -0.1) is 0 Å². The van der Waals surface area contributed by atoms with Crippen molar-refractivity contribution in [2.75, 3.05) is 30.3 Å². The normalized spacial score (nSPS) is 16.8. The van der Waals surface area contributed by atoms with Crippen molar-refractivity contribution in [1.82, 2.24) is 4.90 Å². The van der Waals surface area contributed by atoms with E-state index in [9.17, 15) is 14.0 Å². The van der Waals surface area contributed by atoms with E-state index in [4.69, 9.17) is 4.74 Å². The van der Waals surface area contributed by atoms with Crippen molar-refractivity contribution in [2.45, 2.75) is 25.7 Å². The van der Waals surface area contributed by atoms with Crippen molar-refractivity contribution in [1.29, 1.82) is 0 Å². The summed E-state index contributed by atoms with van der Waals surface area (Å²) in [6.07, 6.45) is 1.67. The molecular formula is C21H22FN3O3. The maximum atomic E-state index is 13.3. The van der Waals surface area contributed by atoms with Crippen molar-refractivity contribution >= 4 is 23.3 Å². The molecule has 7 heteroatoms. The lowest BCUT2D eigenvalue weighted by Gasteiger charge is -2.33. The summed E-state index contributed by atoms with van der Waals surface area (Å²) >= 11 is 0. The maximum absolute atomic E-state index is 13.3. The number of carbonyl (C=O) groups is 2. The van der Waals surface area contributed by atoms with Gasteiger partial charge in [0.25, 0.3) is 5.91 Å². The number of hydrogen-bond donors (Lipinski definition) is 2. The van der Waals surface area contributed by atoms with Crippen LogP contribution in [0.2, 0.25) is 0 Å². The van der Waals surface area contributed by atoms with Crippen LogP contribution in [0.25, 0.3) is 0 Å². The molecular weight excluding hydrogens is 361 g/mol. The minimum Gasteiger partial charge on any atom is -0.479 e. The monoisotopic (exact) mass is 383 g/mol. The highest BCUT2D eigenvalue weighted by Gasteiger charge is 2.26. The Hall–Kier alpha value is -3.09. The summed E-state index contributed by atoms with van der Waals surface area (Å²) in [5, 5.41) is 5.62. The number of halogens is 1. The third-order valence-corrected chi connectivity index (χ3v) is 5.33. The minimum absolute atomic E-state index is 0.0672. The van der Waals surface area contributed by atoms with Crippen LogP contribution in [0.5, 0.6) is 5.75 Å². The molecule has 0 spiro atoms. The highest BCUT2D eigenvalue weighted by Crippen LogP contribution is 2.36. The van der Waals surface area contributed by atoms with Crippen LogP contribution in [-0.4, -0.2) is 36.5 Å². The zero-order valence-corrected chi connectivity index (χ0v) is 15.6. The summed E-state index contributed by atoms with van der Waals surface area (Å²) in [5.41, 5.74) is 3.21. The van der Waals surface area contributed by atoms with Crippen molar-refractivity contribution in [3.05, 3.63) is 53.3 Å². The van der Waals surface area contributed by atoms with E-state index in [1.54, 1.807) is 29.2 Å². The lowest BCUT2D eigenvalue weighted by Crippen LogP contribution is -2.40. The summed E-state index contributed by atoms with van der Waals surface area (Å²) < 4.78 is 18.8. The third kappa shape index (κ3) is 3.65. The molecule has 1 fully saturated rings. The fourth-order valence-electron chi connectivity index (χ4n) is 3.90. The van der Waals surface area contributed by atoms with E-state index in [1.165, 1.54) is 6.07 Å². The first-order valence-electron chi connectivity index (χ1n) is 9.39. The topological polar surface area (TPSA) is 70.7 Å². The first-order chi connectivity index (χ1) is 13.5. The Kier molecular flexibility index (Phi) is 4.90. The summed E-state index contributed by atoms with van der Waals surface area (Å²) in [6.45, 7) is 3.11. The molecule has 2 aromatic rings. The predicted octanol–water partition coefficient (Wildman–Crippen LogP) is 3.88. The number of urea groups is 1. The van der Waals surface area contributed by atoms with E-state index in [1.807, 2.05) is 13.0 Å². The van der Waals surface area contributed by atoms with Crippen molar-refractivity contribution in [3.63, 3.8) is 0 Å². The van der Waals surface area contributed by atoms with Crippen LogP contribution >= 0.6 is 0 Å². The number of ether oxygens (including phenoxy) is 1. The van der Waals surface area contributed by atoms with Gasteiger partial charge in [0, 0.05) is 13.1 Å². The number of nitrogens with one attached hydrogen (secondary N) is 2. The fourth-order valence-corrected chi connectivity index (χ4v) is 3.90. The number of likely N-dealkylation sites (tertiary alicyclic amines) is 1. The zero-order valence-electron chi connectivity index (χ0n) is 15.6. The van der Waals surface area contributed by atoms with Gasteiger partial charge in [0.15, 0.2) is 12.4 Å². The molecule has 28 heavy (non-hydrogen) atoms. The van der Waals surface area contributed by atoms with Gasteiger partial charge in [0.2, 0.25) is 0 Å². The standard InChI is InChI=1S/C21H22FN3O3/c1-13-11-15(22)5-6-16(13)14-7-9-25(10-8-14)21(27)24-18-4-2-3-17-20(18)28-12-19(26)23-17/h2-6,11,14H,7-10,12H2,1H3,(H,23,26)(H,24,27). The Morgan fingerprint density at radius 2 is 2.04 bits per heavy atom. The number of para-hydroxylation sites is 1. The van der Waals surface area contributed by atoms with Gasteiger partial charge >= 0.3 is 6.03 Å². The molecule has 2 aromatic carbocycles. The molecule has 2 N–H and O–H groups in total. The first kappa shape index (κ1) is 18.3. The second-order valence-corrected chi connectivity index (χ2v) is 7.21. The Bertz CT molecular complexity index is 923. The van der Waals surface area contributed by atoms with Crippen LogP contribution in [0, 0.1) is 12.7 Å². The number of piperidine rings is 1. The highest BCUT2D eigenvalue weighted by molar-refractivity contribution is 5.99. The molecule has 0 bridgehead atoms. The van der Waals surface area contributed by atoms with E-state index in [0.717, 1.165) is 24.0 Å². The number of nitrogens with zero attached hydrogens (tertiary/aromatic N) is 1. The van der Waals surface area contributed by atoms with E-state index in [-0.39, 0.29) is 24.4 Å². The highest BCUT2D eigenvalue weighted by atomic mass is 19.1. The SMILES string of the molecule is Cc1cc(F)ccc1C1CCN(C(=O)Nc2cccc3c2OCC(=O)N3)CC1. The Balaban J connectivity index is 1.40. The maximum Gasteiger partial charge on any atom is 0.321 e. The van der Waals surface area contributed by atoms with Crippen LogP contribution in [-0.2, 0) is 4.79 Å². The average Bonchev–Trinajstić information content (AvgIpc) is 2.68. The quantitative estimate of drug-likeness (QED) is 0.827. The van der Waals surface area contributed by atoms with Gasteiger partial charge < -0.3 is 20.3 Å². The third-order valence-electron chi connectivity index (χ3n) is 5.33. The number of fused-ring (bicyclic) bond motifs is 1. The molecule has 1 saturated heterocycles. The number of rotatable bonds is 2. The van der Waals surface area contributed by atoms with Crippen LogP contribution in [0.3, 0.4) is 0 Å². The van der Waals surface area contributed by atoms with Crippen LogP contribution in [0.1, 0.15) is 29.9 Å². The van der Waals surface area contributed by atoms with Crippen molar-refractivity contribution in [2.24, 2.45) is 0 Å². The van der Waals surface area contributed by atoms with Gasteiger partial charge in [-0.2, -0.15) is 0 Å². The lowest BCUT2D eigenvalue weighted by molar-refractivity contribution is -0.118. The average molecular weight is 383 g/mol. The largest absolute Gasteiger partial charge is 0.479 e. The molecule has 3 amide bonds. The number of amides is 3. The molecule has 0 radical (unpaired) electrons. The molecule has 0 aliphatic carbocycles. The lowest BCUT2D eigenvalue weighted by atomic mass is 9.87. The molecule has 0 aromatic heterocycles. The Morgan fingerprint density at radius 1 is 1.25 bits per heavy atom. The fraction of sp³-hybridized carbons (Fsp3) is 0.333. The van der Waals surface area contributed by atoms with Gasteiger partial charge in [-0.25, -0.2) is 9.18 Å². The van der Waals surface area contributed by atoms with E-state index in [2.05, 4.69) is 10.6 Å². The first-order valence-corrected chi connectivity index (χ1v) is 9.39. The summed E-state index contributed by atoms with van der Waals surface area (Å²) in [4.78, 5) is 25.9. The molecule has 0 saturated carbocycles. The van der Waals surface area contributed by atoms with E-state index >= 15 is 0 Å². The summed E-state index contributed by atoms with van der Waals surface area (Å²) in [7, 11) is 0. The number of carbonyl (C=O) groups excluding carboxylic acids is 2. The number of hydrogen-bond acceptors (Lipinski definition) is 3. The van der Waals surface area contributed by atoms with Gasteiger partial charge in [-0.05, 0) is 61.1 Å². The molecule has 0 atom stereocenters. The Morgan fingerprint density at radius 3 is 2.79 bits per heavy atom. The minimum atomic E-state index is -0.220. The van der Waals surface area contributed by atoms with Crippen molar-refractivity contribution in [3.8, 4) is 5.75 Å². The van der Waals surface area contributed by atoms with Crippen LogP contribution in [0.4, 0.5) is 20.6 Å². The molecule has 2 heterocycles. The van der Waals surface area contributed by atoms with E-state index in [0.29, 0.717) is 36.1 Å². The molecule has 4 rings (SSSR count). The second kappa shape index (κ2) is 7.50. The Labute approximate surface area is 162 Å². The smallest absolute Gasteiger partial charge is 0.321 e. The van der Waals surface area contributed by atoms with Crippen LogP contribution in [0.15, 0.2) is 36.4 Å². The second-order valence-electron chi connectivity index (χ2n) is 7.21. The molecule has 2 aliphatic heterocycles. The number of anilines is 2. The number of aryl methyl sites for hydroxylation is 1. The van der Waals surface area contributed by atoms with Gasteiger partial charge in [-0.1, -0.05) is 12.1 Å². The molecule has 0 unspecified atom stereocenters. The van der Waals surface area contributed by atoms with Gasteiger partial charge in [-0.3, -0.25) is 4.79 Å². The molecule has 146 valence electrons.